The summed E-state index contributed by atoms with van der Waals surface area (Å²) in [4.78, 5) is 49.2. The van der Waals surface area contributed by atoms with Crippen LogP contribution in [-0.4, -0.2) is 34.5 Å². The van der Waals surface area contributed by atoms with Crippen LogP contribution in [0.15, 0.2) is 29.4 Å². The highest BCUT2D eigenvalue weighted by atomic mass is 16.6. The van der Waals surface area contributed by atoms with Gasteiger partial charge in [-0.15, -0.1) is 0 Å². The number of carboxylic acid groups (broad SMARTS) is 1. The first-order valence-electron chi connectivity index (χ1n) is 8.64. The van der Waals surface area contributed by atoms with Gasteiger partial charge in [0.15, 0.2) is 11.5 Å². The van der Waals surface area contributed by atoms with Crippen molar-refractivity contribution in [3.63, 3.8) is 0 Å². The number of benzene rings is 1. The van der Waals surface area contributed by atoms with Gasteiger partial charge in [0.25, 0.3) is 5.69 Å². The molecule has 0 aromatic heterocycles. The predicted octanol–water partition coefficient (Wildman–Crippen LogP) is 0.908. The highest BCUT2D eigenvalue weighted by Crippen LogP contribution is 2.27. The van der Waals surface area contributed by atoms with Gasteiger partial charge < -0.3 is 19.5 Å². The smallest absolute Gasteiger partial charge is 0.309 e. The maximum absolute atomic E-state index is 12.2. The monoisotopic (exact) mass is 391 g/mol. The van der Waals surface area contributed by atoms with Crippen LogP contribution in [0.4, 0.5) is 5.69 Å². The molecule has 0 spiro atoms. The van der Waals surface area contributed by atoms with Crippen molar-refractivity contribution in [1.82, 2.24) is 0 Å². The van der Waals surface area contributed by atoms with Crippen molar-refractivity contribution >= 4 is 29.1 Å². The zero-order chi connectivity index (χ0) is 20.7. The molecular formula is C18H19N2O8-. The van der Waals surface area contributed by atoms with Crippen molar-refractivity contribution in [2.24, 2.45) is 11.1 Å². The number of hydrogen-bond donors (Lipinski definition) is 0. The van der Waals surface area contributed by atoms with Crippen LogP contribution in [0.5, 0.6) is 0 Å². The van der Waals surface area contributed by atoms with Crippen LogP contribution >= 0.6 is 0 Å². The number of nitro groups is 1. The van der Waals surface area contributed by atoms with E-state index in [0.717, 1.165) is 6.92 Å². The van der Waals surface area contributed by atoms with Crippen molar-refractivity contribution in [3.05, 3.63) is 39.9 Å². The minimum Gasteiger partial charge on any atom is -0.543 e. The fourth-order valence-corrected chi connectivity index (χ4v) is 2.76. The number of carboxylic acids is 1. The molecule has 1 aliphatic carbocycles. The first kappa shape index (κ1) is 21.0. The maximum Gasteiger partial charge on any atom is 0.309 e. The van der Waals surface area contributed by atoms with Gasteiger partial charge >= 0.3 is 5.97 Å². The average Bonchev–Trinajstić information content (AvgIpc) is 2.66. The van der Waals surface area contributed by atoms with Gasteiger partial charge in [0.1, 0.15) is 12.7 Å². The summed E-state index contributed by atoms with van der Waals surface area (Å²) in [5.74, 6) is -3.16. The molecule has 0 bridgehead atoms. The number of nitrogens with zero attached hydrogens (tertiary/aromatic N) is 2. The number of ketones is 1. The Morgan fingerprint density at radius 2 is 1.75 bits per heavy atom. The molecule has 0 atom stereocenters. The molecule has 0 radical (unpaired) electrons. The lowest BCUT2D eigenvalue weighted by molar-refractivity contribution is -0.384. The Morgan fingerprint density at radius 1 is 1.14 bits per heavy atom. The Bertz CT molecular complexity index is 763. The molecule has 0 heterocycles. The lowest BCUT2D eigenvalue weighted by Crippen LogP contribution is -2.36. The number of carbonyl (C=O) groups is 3. The minimum atomic E-state index is -1.70. The number of ether oxygens (including phenoxy) is 1. The van der Waals surface area contributed by atoms with E-state index in [1.165, 1.54) is 24.3 Å². The molecule has 1 saturated carbocycles. The summed E-state index contributed by atoms with van der Waals surface area (Å²) >= 11 is 0. The topological polar surface area (TPSA) is 148 Å². The van der Waals surface area contributed by atoms with Gasteiger partial charge in [-0.3, -0.25) is 19.7 Å². The van der Waals surface area contributed by atoms with E-state index in [9.17, 15) is 29.6 Å². The first-order chi connectivity index (χ1) is 13.3. The number of esters is 1. The summed E-state index contributed by atoms with van der Waals surface area (Å²) < 4.78 is 5.26. The molecule has 150 valence electrons. The molecular weight excluding hydrogens is 372 g/mol. The van der Waals surface area contributed by atoms with Gasteiger partial charge in [0.05, 0.1) is 16.8 Å². The van der Waals surface area contributed by atoms with Crippen molar-refractivity contribution in [2.45, 2.75) is 45.3 Å². The second-order valence-electron chi connectivity index (χ2n) is 6.39. The number of carbonyl (C=O) groups excluding carboxylic acids is 3. The van der Waals surface area contributed by atoms with Gasteiger partial charge in [-0.05, 0) is 43.4 Å². The molecule has 28 heavy (non-hydrogen) atoms. The molecule has 0 amide bonds. The number of nitro benzene ring substituents is 1. The van der Waals surface area contributed by atoms with Crippen LogP contribution in [0, 0.1) is 16.0 Å². The van der Waals surface area contributed by atoms with Crippen LogP contribution in [0.25, 0.3) is 0 Å². The summed E-state index contributed by atoms with van der Waals surface area (Å²) in [6, 6.07) is 5.73. The lowest BCUT2D eigenvalue weighted by atomic mass is 9.87. The SMILES string of the molecule is CC(=O)/C(=N/OC1CCC(C(=O)OCc2ccc([N+](=O)[O-])cc2)CC1)C(=O)[O-]. The van der Waals surface area contributed by atoms with E-state index in [1.807, 2.05) is 0 Å². The lowest BCUT2D eigenvalue weighted by Gasteiger charge is -2.25. The Labute approximate surface area is 160 Å². The molecule has 10 nitrogen and oxygen atoms in total. The Kier molecular flexibility index (Phi) is 7.19. The van der Waals surface area contributed by atoms with Gasteiger partial charge in [-0.2, -0.15) is 0 Å². The third-order valence-electron chi connectivity index (χ3n) is 4.36. The van der Waals surface area contributed by atoms with Crippen LogP contribution < -0.4 is 5.11 Å². The maximum atomic E-state index is 12.2. The van der Waals surface area contributed by atoms with E-state index in [4.69, 9.17) is 9.57 Å². The molecule has 0 aliphatic heterocycles. The first-order valence-corrected chi connectivity index (χ1v) is 8.64. The van der Waals surface area contributed by atoms with E-state index in [-0.39, 0.29) is 24.2 Å². The van der Waals surface area contributed by atoms with Crippen LogP contribution in [0.2, 0.25) is 0 Å². The van der Waals surface area contributed by atoms with E-state index in [0.29, 0.717) is 31.2 Å². The van der Waals surface area contributed by atoms with Crippen molar-refractivity contribution in [3.8, 4) is 0 Å². The standard InChI is InChI=1S/C18H20N2O8/c1-11(21)16(17(22)23)19-28-15-8-4-13(5-9-15)18(24)27-10-12-2-6-14(7-3-12)20(25)26/h2-3,6-7,13,15H,4-5,8-10H2,1H3,(H,22,23)/p-1/b19-16-. The minimum absolute atomic E-state index is 0.0190. The molecule has 0 unspecified atom stereocenters. The summed E-state index contributed by atoms with van der Waals surface area (Å²) in [5, 5.41) is 24.7. The third kappa shape index (κ3) is 5.86. The number of non-ortho nitro benzene ring substituents is 1. The average molecular weight is 391 g/mol. The second-order valence-corrected chi connectivity index (χ2v) is 6.39. The Balaban J connectivity index is 1.78. The molecule has 0 N–H and O–H groups in total. The summed E-state index contributed by atoms with van der Waals surface area (Å²) in [5.41, 5.74) is -0.170. The van der Waals surface area contributed by atoms with Crippen LogP contribution in [-0.2, 0) is 30.6 Å². The largest absolute Gasteiger partial charge is 0.543 e. The number of oxime groups is 1. The van der Waals surface area contributed by atoms with E-state index in [2.05, 4.69) is 5.16 Å². The third-order valence-corrected chi connectivity index (χ3v) is 4.36. The van der Waals surface area contributed by atoms with Crippen LogP contribution in [0.1, 0.15) is 38.2 Å². The fourth-order valence-electron chi connectivity index (χ4n) is 2.76. The van der Waals surface area contributed by atoms with Crippen molar-refractivity contribution < 1.29 is 34.0 Å². The van der Waals surface area contributed by atoms with Gasteiger partial charge in [0.2, 0.25) is 0 Å². The number of Topliss-reactive ketones (excluding diaryl/α,β-unsaturated/α-hetero) is 1. The van der Waals surface area contributed by atoms with Gasteiger partial charge in [0, 0.05) is 19.1 Å². The molecule has 0 saturated heterocycles. The summed E-state index contributed by atoms with van der Waals surface area (Å²) in [6.45, 7) is 1.07. The van der Waals surface area contributed by atoms with Crippen molar-refractivity contribution in [1.29, 1.82) is 0 Å². The van der Waals surface area contributed by atoms with Crippen molar-refractivity contribution in [2.75, 3.05) is 0 Å². The molecule has 1 fully saturated rings. The molecule has 2 rings (SSSR count). The predicted molar refractivity (Wildman–Crippen MR) is 92.8 cm³/mol. The normalized spacial score (nSPS) is 19.5. The molecule has 1 aromatic rings. The zero-order valence-corrected chi connectivity index (χ0v) is 15.2. The molecule has 10 heteroatoms. The molecule has 1 aromatic carbocycles. The fraction of sp³-hybridized carbons (Fsp3) is 0.444. The van der Waals surface area contributed by atoms with E-state index < -0.39 is 28.5 Å². The second kappa shape index (κ2) is 9.58. The quantitative estimate of drug-likeness (QED) is 0.209. The number of hydrogen-bond acceptors (Lipinski definition) is 9. The highest BCUT2D eigenvalue weighted by molar-refractivity contribution is 6.62. The van der Waals surface area contributed by atoms with Crippen LogP contribution in [0.3, 0.4) is 0 Å². The van der Waals surface area contributed by atoms with E-state index in [1.54, 1.807) is 0 Å². The molecule has 1 aliphatic rings. The summed E-state index contributed by atoms with van der Waals surface area (Å²) in [7, 11) is 0. The summed E-state index contributed by atoms with van der Waals surface area (Å²) in [6.07, 6.45) is 1.46. The highest BCUT2D eigenvalue weighted by Gasteiger charge is 2.28. The number of rotatable bonds is 8. The number of aliphatic carboxylic acids is 1. The Hall–Kier alpha value is -3.30. The van der Waals surface area contributed by atoms with E-state index >= 15 is 0 Å². The van der Waals surface area contributed by atoms with Gasteiger partial charge in [-0.1, -0.05) is 5.16 Å². The Morgan fingerprint density at radius 3 is 2.25 bits per heavy atom. The van der Waals surface area contributed by atoms with Gasteiger partial charge in [-0.25, -0.2) is 0 Å². The zero-order valence-electron chi connectivity index (χ0n) is 15.2.